The molecule has 42 heavy (non-hydrogen) atoms. The second-order valence-corrected chi connectivity index (χ2v) is 11.1. The number of nitrogens with one attached hydrogen (secondary N) is 3. The van der Waals surface area contributed by atoms with E-state index in [0.29, 0.717) is 17.9 Å². The third kappa shape index (κ3) is 6.62. The molecule has 2 atom stereocenters. The van der Waals surface area contributed by atoms with E-state index in [1.54, 1.807) is 30.3 Å². The Bertz CT molecular complexity index is 1450. The van der Waals surface area contributed by atoms with Crippen LogP contribution in [0.15, 0.2) is 72.8 Å². The van der Waals surface area contributed by atoms with Crippen molar-refractivity contribution >= 4 is 35.0 Å². The van der Waals surface area contributed by atoms with Gasteiger partial charge in [-0.05, 0) is 60.2 Å². The van der Waals surface area contributed by atoms with Crippen LogP contribution in [0.5, 0.6) is 5.75 Å². The number of fused-ring (bicyclic) bond motifs is 1. The fraction of sp³-hybridized carbons (Fsp3) is 0.333. The van der Waals surface area contributed by atoms with E-state index < -0.39 is 23.9 Å². The number of rotatable bonds is 8. The summed E-state index contributed by atoms with van der Waals surface area (Å²) in [6, 6.07) is 19.0. The molecule has 1 aliphatic carbocycles. The van der Waals surface area contributed by atoms with Gasteiger partial charge in [0.05, 0.1) is 11.3 Å². The van der Waals surface area contributed by atoms with Crippen molar-refractivity contribution < 1.29 is 24.3 Å². The lowest BCUT2D eigenvalue weighted by Crippen LogP contribution is -2.59. The Morgan fingerprint density at radius 1 is 0.952 bits per heavy atom. The Kier molecular flexibility index (Phi) is 8.85. The van der Waals surface area contributed by atoms with Crippen molar-refractivity contribution in [3.63, 3.8) is 0 Å². The van der Waals surface area contributed by atoms with E-state index in [1.165, 1.54) is 24.0 Å². The van der Waals surface area contributed by atoms with Gasteiger partial charge in [0.25, 0.3) is 5.91 Å². The van der Waals surface area contributed by atoms with Crippen molar-refractivity contribution in [2.75, 3.05) is 10.6 Å². The Morgan fingerprint density at radius 2 is 1.67 bits per heavy atom. The van der Waals surface area contributed by atoms with E-state index >= 15 is 0 Å². The molecule has 3 aromatic rings. The monoisotopic (exact) mass is 568 g/mol. The molecule has 9 nitrogen and oxygen atoms in total. The standard InChI is InChI=1S/C33H36N4O5/c1-21(38)35-25-14-17-28-27(19-25)33(42)37(29(31(40)36-28)18-22-12-15-26(39)16-13-22)30(24-10-6-3-7-11-24)32(41)34-20-23-8-4-2-5-9-23/h2,4-5,8-9,12-17,19,24,29-30,39H,3,6-7,10-11,18,20H2,1H3,(H,34,41)(H,35,38)(H,36,40)/t29-,30?/m0/s1. The van der Waals surface area contributed by atoms with E-state index in [-0.39, 0.29) is 35.5 Å². The summed E-state index contributed by atoms with van der Waals surface area (Å²) in [5, 5.41) is 18.5. The number of carbonyl (C=O) groups is 4. The third-order valence-corrected chi connectivity index (χ3v) is 8.04. The fourth-order valence-electron chi connectivity index (χ4n) is 6.01. The van der Waals surface area contributed by atoms with Crippen LogP contribution in [-0.4, -0.2) is 45.7 Å². The lowest BCUT2D eigenvalue weighted by molar-refractivity contribution is -0.131. The molecule has 0 bridgehead atoms. The summed E-state index contributed by atoms with van der Waals surface area (Å²) in [5.41, 5.74) is 2.62. The van der Waals surface area contributed by atoms with Crippen LogP contribution in [0, 0.1) is 5.92 Å². The maximum Gasteiger partial charge on any atom is 0.257 e. The third-order valence-electron chi connectivity index (χ3n) is 8.04. The molecule has 218 valence electrons. The van der Waals surface area contributed by atoms with Gasteiger partial charge in [-0.2, -0.15) is 0 Å². The highest BCUT2D eigenvalue weighted by Crippen LogP contribution is 2.35. The number of phenols is 1. The van der Waals surface area contributed by atoms with E-state index in [0.717, 1.165) is 43.2 Å². The SMILES string of the molecule is CC(=O)Nc1ccc2c(c1)C(=O)N(C(C(=O)NCc1ccccc1)C1CCCCC1)[C@@H](Cc1ccc(O)cc1)C(=O)N2. The first-order chi connectivity index (χ1) is 20.3. The van der Waals surface area contributed by atoms with Gasteiger partial charge in [0.15, 0.2) is 0 Å². The second-order valence-electron chi connectivity index (χ2n) is 11.1. The number of amides is 4. The number of aromatic hydroxyl groups is 1. The normalized spacial score (nSPS) is 17.9. The van der Waals surface area contributed by atoms with Gasteiger partial charge in [-0.25, -0.2) is 0 Å². The molecular formula is C33H36N4O5. The van der Waals surface area contributed by atoms with Crippen LogP contribution in [0.2, 0.25) is 0 Å². The van der Waals surface area contributed by atoms with Crippen molar-refractivity contribution in [2.24, 2.45) is 5.92 Å². The Balaban J connectivity index is 1.58. The van der Waals surface area contributed by atoms with E-state index in [1.807, 2.05) is 30.3 Å². The zero-order valence-corrected chi connectivity index (χ0v) is 23.6. The first kappa shape index (κ1) is 28.9. The van der Waals surface area contributed by atoms with Crippen molar-refractivity contribution in [1.29, 1.82) is 0 Å². The van der Waals surface area contributed by atoms with Crippen molar-refractivity contribution in [3.05, 3.63) is 89.5 Å². The number of hydrogen-bond acceptors (Lipinski definition) is 5. The van der Waals surface area contributed by atoms with Gasteiger partial charge in [-0.1, -0.05) is 61.7 Å². The molecule has 1 saturated carbocycles. The summed E-state index contributed by atoms with van der Waals surface area (Å²) >= 11 is 0. The minimum Gasteiger partial charge on any atom is -0.508 e. The smallest absolute Gasteiger partial charge is 0.257 e. The quantitative estimate of drug-likeness (QED) is 0.315. The highest BCUT2D eigenvalue weighted by atomic mass is 16.3. The van der Waals surface area contributed by atoms with Gasteiger partial charge in [0, 0.05) is 25.6 Å². The molecule has 9 heteroatoms. The van der Waals surface area contributed by atoms with Crippen molar-refractivity contribution in [1.82, 2.24) is 10.2 Å². The Hall–Kier alpha value is -4.66. The predicted octanol–water partition coefficient (Wildman–Crippen LogP) is 4.62. The van der Waals surface area contributed by atoms with Gasteiger partial charge >= 0.3 is 0 Å². The minimum absolute atomic E-state index is 0.0929. The highest BCUT2D eigenvalue weighted by molar-refractivity contribution is 6.12. The molecule has 0 radical (unpaired) electrons. The molecule has 1 fully saturated rings. The predicted molar refractivity (Wildman–Crippen MR) is 160 cm³/mol. The molecule has 0 spiro atoms. The molecule has 2 aliphatic rings. The van der Waals surface area contributed by atoms with E-state index in [4.69, 9.17) is 0 Å². The Morgan fingerprint density at radius 3 is 2.36 bits per heavy atom. The topological polar surface area (TPSA) is 128 Å². The summed E-state index contributed by atoms with van der Waals surface area (Å²) in [7, 11) is 0. The summed E-state index contributed by atoms with van der Waals surface area (Å²) in [6.07, 6.45) is 4.61. The van der Waals surface area contributed by atoms with Gasteiger partial charge in [-0.15, -0.1) is 0 Å². The largest absolute Gasteiger partial charge is 0.508 e. The first-order valence-corrected chi connectivity index (χ1v) is 14.4. The van der Waals surface area contributed by atoms with E-state index in [2.05, 4.69) is 16.0 Å². The number of carbonyl (C=O) groups excluding carboxylic acids is 4. The van der Waals surface area contributed by atoms with Crippen LogP contribution < -0.4 is 16.0 Å². The van der Waals surface area contributed by atoms with Crippen LogP contribution in [0.4, 0.5) is 11.4 Å². The molecular weight excluding hydrogens is 532 g/mol. The number of anilines is 2. The van der Waals surface area contributed by atoms with Crippen LogP contribution >= 0.6 is 0 Å². The molecule has 0 saturated heterocycles. The Labute approximate surface area is 245 Å². The van der Waals surface area contributed by atoms with Gasteiger partial charge in [-0.3, -0.25) is 19.2 Å². The minimum atomic E-state index is -0.993. The van der Waals surface area contributed by atoms with Gasteiger partial charge in [0.1, 0.15) is 17.8 Å². The summed E-state index contributed by atoms with van der Waals surface area (Å²) in [6.45, 7) is 1.68. The fourth-order valence-corrected chi connectivity index (χ4v) is 6.01. The maximum absolute atomic E-state index is 14.5. The van der Waals surface area contributed by atoms with Crippen LogP contribution in [0.25, 0.3) is 0 Å². The molecule has 4 N–H and O–H groups in total. The first-order valence-electron chi connectivity index (χ1n) is 14.4. The molecule has 5 rings (SSSR count). The molecule has 4 amide bonds. The van der Waals surface area contributed by atoms with Crippen molar-refractivity contribution in [3.8, 4) is 5.75 Å². The zero-order chi connectivity index (χ0) is 29.6. The summed E-state index contributed by atoms with van der Waals surface area (Å²) < 4.78 is 0. The average Bonchev–Trinajstić information content (AvgIpc) is 3.08. The van der Waals surface area contributed by atoms with Gasteiger partial charge < -0.3 is 26.0 Å². The molecule has 1 heterocycles. The van der Waals surface area contributed by atoms with Crippen LogP contribution in [-0.2, 0) is 27.3 Å². The molecule has 3 aromatic carbocycles. The van der Waals surface area contributed by atoms with E-state index in [9.17, 15) is 24.3 Å². The summed E-state index contributed by atoms with van der Waals surface area (Å²) in [4.78, 5) is 55.8. The lowest BCUT2D eigenvalue weighted by Gasteiger charge is -2.40. The number of nitrogens with zero attached hydrogens (tertiary/aromatic N) is 1. The maximum atomic E-state index is 14.5. The molecule has 1 unspecified atom stereocenters. The van der Waals surface area contributed by atoms with Gasteiger partial charge in [0.2, 0.25) is 17.7 Å². The highest BCUT2D eigenvalue weighted by Gasteiger charge is 2.45. The zero-order valence-electron chi connectivity index (χ0n) is 23.6. The number of benzene rings is 3. The van der Waals surface area contributed by atoms with Crippen molar-refractivity contribution in [2.45, 2.75) is 64.1 Å². The summed E-state index contributed by atoms with van der Waals surface area (Å²) in [5.74, 6) is -1.49. The average molecular weight is 569 g/mol. The van der Waals surface area contributed by atoms with Crippen LogP contribution in [0.1, 0.15) is 60.5 Å². The molecule has 1 aliphatic heterocycles. The lowest BCUT2D eigenvalue weighted by atomic mass is 9.81. The van der Waals surface area contributed by atoms with Crippen LogP contribution in [0.3, 0.4) is 0 Å². The second kappa shape index (κ2) is 12.9. The number of hydrogen-bond donors (Lipinski definition) is 4. The number of phenolic OH excluding ortho intramolecular Hbond substituents is 1. The molecule has 0 aromatic heterocycles.